The van der Waals surface area contributed by atoms with Crippen LogP contribution in [0.25, 0.3) is 39.5 Å². The number of aryl methyl sites for hydroxylation is 1. The number of methoxy groups -OCH3 is 5. The summed E-state index contributed by atoms with van der Waals surface area (Å²) < 4.78 is 35.3. The summed E-state index contributed by atoms with van der Waals surface area (Å²) >= 11 is 0. The van der Waals surface area contributed by atoms with Gasteiger partial charge in [0.2, 0.25) is 5.75 Å². The van der Waals surface area contributed by atoms with Gasteiger partial charge in [0.15, 0.2) is 34.4 Å². The summed E-state index contributed by atoms with van der Waals surface area (Å²) in [5.74, 6) is 3.43. The molecule has 0 amide bonds. The van der Waals surface area contributed by atoms with Gasteiger partial charge in [-0.2, -0.15) is 5.10 Å². The molecule has 0 atom stereocenters. The number of hydrogen-bond donors (Lipinski definition) is 0. The Kier molecular flexibility index (Phi) is 6.35. The fourth-order valence-electron chi connectivity index (χ4n) is 4.49. The number of hydrogen-bond acceptors (Lipinski definition) is 8. The zero-order chi connectivity index (χ0) is 26.1. The van der Waals surface area contributed by atoms with Crippen molar-refractivity contribution in [3.05, 3.63) is 60.5 Å². The van der Waals surface area contributed by atoms with E-state index in [2.05, 4.69) is 0 Å². The van der Waals surface area contributed by atoms with Gasteiger partial charge < -0.3 is 28.1 Å². The molecule has 0 N–H and O–H groups in total. The number of ether oxygens (including phenoxy) is 5. The Labute approximate surface area is 214 Å². The van der Waals surface area contributed by atoms with E-state index >= 15 is 0 Å². The summed E-state index contributed by atoms with van der Waals surface area (Å²) in [6.07, 6.45) is 1.62. The second kappa shape index (κ2) is 9.77. The van der Waals surface area contributed by atoms with E-state index in [9.17, 15) is 0 Å². The van der Waals surface area contributed by atoms with Crippen LogP contribution in [0.3, 0.4) is 0 Å². The molecule has 0 aliphatic rings. The van der Waals surface area contributed by atoms with Crippen LogP contribution < -0.4 is 23.7 Å². The van der Waals surface area contributed by atoms with Crippen molar-refractivity contribution >= 4 is 5.65 Å². The Morgan fingerprint density at radius 1 is 0.730 bits per heavy atom. The van der Waals surface area contributed by atoms with Crippen molar-refractivity contribution < 1.29 is 28.1 Å². The maximum Gasteiger partial charge on any atom is 0.203 e. The van der Waals surface area contributed by atoms with Crippen LogP contribution in [0, 0.1) is 6.92 Å². The lowest BCUT2D eigenvalue weighted by Crippen LogP contribution is -2.04. The highest BCUT2D eigenvalue weighted by Crippen LogP contribution is 2.45. The summed E-state index contributed by atoms with van der Waals surface area (Å²) in [4.78, 5) is 4.89. The first-order valence-corrected chi connectivity index (χ1v) is 11.5. The number of fused-ring (bicyclic) bond motifs is 1. The second-order valence-corrected chi connectivity index (χ2v) is 8.18. The summed E-state index contributed by atoms with van der Waals surface area (Å²) in [5.41, 5.74) is 5.44. The molecule has 0 aliphatic heterocycles. The molecule has 3 heterocycles. The van der Waals surface area contributed by atoms with Crippen LogP contribution in [-0.4, -0.2) is 50.1 Å². The molecular formula is C28H27N3O6. The van der Waals surface area contributed by atoms with Gasteiger partial charge in [0, 0.05) is 22.9 Å². The highest BCUT2D eigenvalue weighted by Gasteiger charge is 2.23. The van der Waals surface area contributed by atoms with Gasteiger partial charge in [-0.05, 0) is 48.9 Å². The molecule has 0 radical (unpaired) electrons. The zero-order valence-electron chi connectivity index (χ0n) is 21.5. The third-order valence-corrected chi connectivity index (χ3v) is 6.17. The molecule has 2 aromatic carbocycles. The second-order valence-electron chi connectivity index (χ2n) is 8.18. The van der Waals surface area contributed by atoms with E-state index in [1.807, 2.05) is 55.5 Å². The first-order valence-electron chi connectivity index (χ1n) is 11.5. The van der Waals surface area contributed by atoms with Crippen molar-refractivity contribution in [3.63, 3.8) is 0 Å². The molecule has 0 saturated heterocycles. The van der Waals surface area contributed by atoms with E-state index in [4.69, 9.17) is 38.2 Å². The third-order valence-electron chi connectivity index (χ3n) is 6.17. The highest BCUT2D eigenvalue weighted by molar-refractivity contribution is 5.87. The topological polar surface area (TPSA) is 89.5 Å². The number of nitrogens with zero attached hydrogens (tertiary/aromatic N) is 3. The third kappa shape index (κ3) is 4.08. The molecule has 0 fully saturated rings. The Bertz CT molecular complexity index is 1550. The molecule has 0 spiro atoms. The molecule has 5 rings (SSSR count). The van der Waals surface area contributed by atoms with E-state index < -0.39 is 0 Å². The Hall–Kier alpha value is -4.66. The Balaban J connectivity index is 1.87. The first kappa shape index (κ1) is 24.1. The molecule has 5 aromatic rings. The molecular weight excluding hydrogens is 474 g/mol. The van der Waals surface area contributed by atoms with Gasteiger partial charge >= 0.3 is 0 Å². The average molecular weight is 502 g/mol. The predicted molar refractivity (Wildman–Crippen MR) is 139 cm³/mol. The van der Waals surface area contributed by atoms with Crippen LogP contribution in [0.15, 0.2) is 59.2 Å². The predicted octanol–water partition coefficient (Wildman–Crippen LogP) is 5.67. The molecule has 0 bridgehead atoms. The van der Waals surface area contributed by atoms with Gasteiger partial charge in [-0.1, -0.05) is 6.07 Å². The molecule has 0 saturated carbocycles. The molecule has 37 heavy (non-hydrogen) atoms. The fraction of sp³-hybridized carbons (Fsp3) is 0.214. The van der Waals surface area contributed by atoms with Crippen molar-refractivity contribution in [2.75, 3.05) is 35.5 Å². The lowest BCUT2D eigenvalue weighted by atomic mass is 9.96. The zero-order valence-corrected chi connectivity index (χ0v) is 21.5. The maximum absolute atomic E-state index is 5.66. The van der Waals surface area contributed by atoms with E-state index in [-0.39, 0.29) is 0 Å². The van der Waals surface area contributed by atoms with Crippen LogP contribution in [0.5, 0.6) is 28.7 Å². The van der Waals surface area contributed by atoms with Crippen LogP contribution in [0.1, 0.15) is 5.69 Å². The molecule has 3 aromatic heterocycles. The molecule has 190 valence electrons. The van der Waals surface area contributed by atoms with Crippen molar-refractivity contribution in [3.8, 4) is 62.6 Å². The van der Waals surface area contributed by atoms with Crippen LogP contribution in [-0.2, 0) is 0 Å². The van der Waals surface area contributed by atoms with Crippen LogP contribution in [0.4, 0.5) is 0 Å². The minimum Gasteiger partial charge on any atom is -0.493 e. The monoisotopic (exact) mass is 501 g/mol. The van der Waals surface area contributed by atoms with Crippen molar-refractivity contribution in [2.24, 2.45) is 0 Å². The van der Waals surface area contributed by atoms with Crippen LogP contribution >= 0.6 is 0 Å². The lowest BCUT2D eigenvalue weighted by molar-refractivity contribution is 0.324. The summed E-state index contributed by atoms with van der Waals surface area (Å²) in [5, 5.41) is 4.88. The molecule has 9 heteroatoms. The minimum absolute atomic E-state index is 0.500. The van der Waals surface area contributed by atoms with Gasteiger partial charge in [0.1, 0.15) is 5.69 Å². The highest BCUT2D eigenvalue weighted by atomic mass is 16.5. The number of furan rings is 1. The van der Waals surface area contributed by atoms with Gasteiger partial charge in [-0.25, -0.2) is 9.50 Å². The van der Waals surface area contributed by atoms with Crippen molar-refractivity contribution in [1.82, 2.24) is 14.6 Å². The number of aromatic nitrogens is 3. The van der Waals surface area contributed by atoms with Crippen molar-refractivity contribution in [2.45, 2.75) is 6.92 Å². The first-order chi connectivity index (χ1) is 18.0. The van der Waals surface area contributed by atoms with Gasteiger partial charge in [-0.15, -0.1) is 0 Å². The molecule has 0 aliphatic carbocycles. The van der Waals surface area contributed by atoms with Gasteiger partial charge in [-0.3, -0.25) is 0 Å². The number of rotatable bonds is 8. The van der Waals surface area contributed by atoms with E-state index in [0.717, 1.165) is 28.1 Å². The standard InChI is InChI=1S/C28H27N3O6/c1-16-26(17-9-10-21(32-2)22(12-17)33-3)27(18-13-23(34-4)28(36-6)24(14-18)35-5)31-25(29-16)15-19(30-31)20-8-7-11-37-20/h7-15H,1-6H3. The normalized spacial score (nSPS) is 11.0. The smallest absolute Gasteiger partial charge is 0.203 e. The molecule has 0 unspecified atom stereocenters. The van der Waals surface area contributed by atoms with E-state index in [1.165, 1.54) is 0 Å². The minimum atomic E-state index is 0.500. The maximum atomic E-state index is 5.66. The largest absolute Gasteiger partial charge is 0.493 e. The number of benzene rings is 2. The Morgan fingerprint density at radius 2 is 1.41 bits per heavy atom. The van der Waals surface area contributed by atoms with Gasteiger partial charge in [0.25, 0.3) is 0 Å². The fourth-order valence-corrected chi connectivity index (χ4v) is 4.49. The summed E-state index contributed by atoms with van der Waals surface area (Å²) in [7, 11) is 7.98. The quantitative estimate of drug-likeness (QED) is 0.269. The lowest BCUT2D eigenvalue weighted by Gasteiger charge is -2.19. The Morgan fingerprint density at radius 3 is 2.00 bits per heavy atom. The van der Waals surface area contributed by atoms with Crippen LogP contribution in [0.2, 0.25) is 0 Å². The summed E-state index contributed by atoms with van der Waals surface area (Å²) in [6.45, 7) is 1.97. The SMILES string of the molecule is COc1ccc(-c2c(C)nc3cc(-c4ccco4)nn3c2-c2cc(OC)c(OC)c(OC)c2)cc1OC. The summed E-state index contributed by atoms with van der Waals surface area (Å²) in [6, 6.07) is 15.1. The van der Waals surface area contributed by atoms with E-state index in [0.29, 0.717) is 45.8 Å². The van der Waals surface area contributed by atoms with E-state index in [1.54, 1.807) is 46.3 Å². The van der Waals surface area contributed by atoms with Gasteiger partial charge in [0.05, 0.1) is 47.5 Å². The average Bonchev–Trinajstić information content (AvgIpc) is 3.61. The molecule has 9 nitrogen and oxygen atoms in total. The van der Waals surface area contributed by atoms with Crippen molar-refractivity contribution in [1.29, 1.82) is 0 Å².